The number of piperidine rings is 1. The van der Waals surface area contributed by atoms with Crippen molar-refractivity contribution in [1.82, 2.24) is 14.8 Å². The van der Waals surface area contributed by atoms with Crippen molar-refractivity contribution in [2.45, 2.75) is 19.3 Å². The molecule has 34 heavy (non-hydrogen) atoms. The molecule has 2 fully saturated rings. The first-order chi connectivity index (χ1) is 16.2. The van der Waals surface area contributed by atoms with Crippen LogP contribution >= 0.6 is 11.6 Å². The van der Waals surface area contributed by atoms with E-state index in [4.69, 9.17) is 16.3 Å². The average Bonchev–Trinajstić information content (AvgIpc) is 3.25. The standard InChI is InChI=1S/C24H23ClF3N3O3/c1-34-19-13-16(12-18(25)29-19)23(33)30-9-6-24(7-10-30)8-11-31(14-24)20(32)5-3-15-2-4-17(26)22(28)21(15)27/h2-5,12-13H,6-11,14H2,1H3/b5-3+. The van der Waals surface area contributed by atoms with Crippen LogP contribution in [0, 0.1) is 22.9 Å². The van der Waals surface area contributed by atoms with Crippen LogP contribution in [-0.4, -0.2) is 59.9 Å². The number of aromatic nitrogens is 1. The number of halogens is 4. The third-order valence-corrected chi connectivity index (χ3v) is 6.75. The molecular formula is C24H23ClF3N3O3. The molecule has 1 spiro atoms. The summed E-state index contributed by atoms with van der Waals surface area (Å²) in [5.74, 6) is -4.38. The lowest BCUT2D eigenvalue weighted by atomic mass is 9.77. The molecule has 4 rings (SSSR count). The van der Waals surface area contributed by atoms with Gasteiger partial charge in [-0.15, -0.1) is 0 Å². The van der Waals surface area contributed by atoms with E-state index in [2.05, 4.69) is 4.98 Å². The fourth-order valence-corrected chi connectivity index (χ4v) is 4.74. The number of pyridine rings is 1. The van der Waals surface area contributed by atoms with E-state index in [1.54, 1.807) is 15.9 Å². The molecule has 2 aliphatic rings. The van der Waals surface area contributed by atoms with Crippen LogP contribution in [0.25, 0.3) is 6.08 Å². The Kier molecular flexibility index (Phi) is 6.84. The van der Waals surface area contributed by atoms with Crippen molar-refractivity contribution in [3.05, 3.63) is 64.1 Å². The molecule has 2 aromatic rings. The van der Waals surface area contributed by atoms with Gasteiger partial charge in [0.25, 0.3) is 5.91 Å². The van der Waals surface area contributed by atoms with Crippen LogP contribution in [-0.2, 0) is 4.79 Å². The highest BCUT2D eigenvalue weighted by Gasteiger charge is 2.42. The Hall–Kier alpha value is -3.07. The molecule has 0 N–H and O–H groups in total. The molecule has 3 heterocycles. The number of ether oxygens (including phenoxy) is 1. The van der Waals surface area contributed by atoms with Crippen LogP contribution in [0.15, 0.2) is 30.3 Å². The number of nitrogens with zero attached hydrogens (tertiary/aromatic N) is 3. The second-order valence-corrected chi connectivity index (χ2v) is 9.01. The molecule has 180 valence electrons. The van der Waals surface area contributed by atoms with Crippen molar-refractivity contribution in [2.75, 3.05) is 33.3 Å². The van der Waals surface area contributed by atoms with Crippen LogP contribution < -0.4 is 4.74 Å². The van der Waals surface area contributed by atoms with E-state index >= 15 is 0 Å². The Morgan fingerprint density at radius 3 is 2.41 bits per heavy atom. The fourth-order valence-electron chi connectivity index (χ4n) is 4.53. The number of rotatable bonds is 4. The third-order valence-electron chi connectivity index (χ3n) is 6.56. The number of amides is 2. The van der Waals surface area contributed by atoms with Gasteiger partial charge in [-0.1, -0.05) is 11.6 Å². The Balaban J connectivity index is 1.36. The van der Waals surface area contributed by atoms with E-state index in [1.165, 1.54) is 19.3 Å². The Morgan fingerprint density at radius 1 is 1.06 bits per heavy atom. The largest absolute Gasteiger partial charge is 0.481 e. The lowest BCUT2D eigenvalue weighted by molar-refractivity contribution is -0.125. The summed E-state index contributed by atoms with van der Waals surface area (Å²) in [6.07, 6.45) is 4.59. The molecule has 1 aromatic carbocycles. The van der Waals surface area contributed by atoms with Gasteiger partial charge in [0.05, 0.1) is 7.11 Å². The minimum absolute atomic E-state index is 0.0961. The lowest BCUT2D eigenvalue weighted by Gasteiger charge is -2.39. The van der Waals surface area contributed by atoms with E-state index in [-0.39, 0.29) is 33.8 Å². The van der Waals surface area contributed by atoms with Gasteiger partial charge in [-0.25, -0.2) is 18.2 Å². The van der Waals surface area contributed by atoms with Crippen molar-refractivity contribution >= 4 is 29.5 Å². The van der Waals surface area contributed by atoms with Gasteiger partial charge in [0.1, 0.15) is 5.15 Å². The summed E-state index contributed by atoms with van der Waals surface area (Å²) in [4.78, 5) is 32.9. The molecule has 6 nitrogen and oxygen atoms in total. The Morgan fingerprint density at radius 2 is 1.74 bits per heavy atom. The molecule has 0 bridgehead atoms. The van der Waals surface area contributed by atoms with E-state index < -0.39 is 17.5 Å². The summed E-state index contributed by atoms with van der Waals surface area (Å²) in [5, 5.41) is 0.178. The highest BCUT2D eigenvalue weighted by Crippen LogP contribution is 2.40. The number of hydrogen-bond acceptors (Lipinski definition) is 4. The summed E-state index contributed by atoms with van der Waals surface area (Å²) in [6.45, 7) is 2.14. The van der Waals surface area contributed by atoms with E-state index in [9.17, 15) is 22.8 Å². The van der Waals surface area contributed by atoms with Gasteiger partial charge < -0.3 is 14.5 Å². The van der Waals surface area contributed by atoms with E-state index in [1.807, 2.05) is 0 Å². The minimum Gasteiger partial charge on any atom is -0.481 e. The predicted octanol–water partition coefficient (Wildman–Crippen LogP) is 4.33. The maximum absolute atomic E-state index is 13.8. The topological polar surface area (TPSA) is 62.7 Å². The van der Waals surface area contributed by atoms with Crippen LogP contribution in [0.2, 0.25) is 5.15 Å². The van der Waals surface area contributed by atoms with Gasteiger partial charge in [-0.05, 0) is 49.0 Å². The van der Waals surface area contributed by atoms with Gasteiger partial charge in [0, 0.05) is 49.4 Å². The van der Waals surface area contributed by atoms with Gasteiger partial charge in [0.15, 0.2) is 17.5 Å². The highest BCUT2D eigenvalue weighted by atomic mass is 35.5. The quantitative estimate of drug-likeness (QED) is 0.361. The second-order valence-electron chi connectivity index (χ2n) is 8.62. The molecule has 0 saturated carbocycles. The number of carbonyl (C=O) groups excluding carboxylic acids is 2. The SMILES string of the molecule is COc1cc(C(=O)N2CCC3(CCN(C(=O)/C=C/c4ccc(F)c(F)c4F)C3)CC2)cc(Cl)n1. The Labute approximate surface area is 200 Å². The first-order valence-electron chi connectivity index (χ1n) is 10.8. The zero-order chi connectivity index (χ0) is 24.5. The molecule has 2 saturated heterocycles. The van der Waals surface area contributed by atoms with Crippen LogP contribution in [0.1, 0.15) is 35.2 Å². The molecule has 10 heteroatoms. The summed E-state index contributed by atoms with van der Waals surface area (Å²) in [5.41, 5.74) is 0.118. The second kappa shape index (κ2) is 9.66. The molecule has 0 aliphatic carbocycles. The van der Waals surface area contributed by atoms with Crippen LogP contribution in [0.4, 0.5) is 13.2 Å². The monoisotopic (exact) mass is 493 g/mol. The van der Waals surface area contributed by atoms with Crippen molar-refractivity contribution in [2.24, 2.45) is 5.41 Å². The molecule has 0 radical (unpaired) electrons. The molecule has 0 unspecified atom stereocenters. The first kappa shape index (κ1) is 24.1. The maximum atomic E-state index is 13.8. The number of benzene rings is 1. The third kappa shape index (κ3) is 4.89. The summed E-state index contributed by atoms with van der Waals surface area (Å²) in [6, 6.07) is 4.96. The normalized spacial score (nSPS) is 17.6. The predicted molar refractivity (Wildman–Crippen MR) is 120 cm³/mol. The molecule has 2 aliphatic heterocycles. The average molecular weight is 494 g/mol. The van der Waals surface area contributed by atoms with Crippen molar-refractivity contribution in [3.8, 4) is 5.88 Å². The van der Waals surface area contributed by atoms with E-state index in [0.29, 0.717) is 31.7 Å². The van der Waals surface area contributed by atoms with Crippen LogP contribution in [0.3, 0.4) is 0 Å². The minimum atomic E-state index is -1.57. The van der Waals surface area contributed by atoms with Gasteiger partial charge >= 0.3 is 0 Å². The van der Waals surface area contributed by atoms with Crippen LogP contribution in [0.5, 0.6) is 5.88 Å². The molecular weight excluding hydrogens is 471 g/mol. The van der Waals surface area contributed by atoms with Crippen molar-refractivity contribution in [3.63, 3.8) is 0 Å². The number of likely N-dealkylation sites (tertiary alicyclic amines) is 2. The molecule has 2 amide bonds. The van der Waals surface area contributed by atoms with Gasteiger partial charge in [-0.2, -0.15) is 0 Å². The lowest BCUT2D eigenvalue weighted by Crippen LogP contribution is -2.44. The van der Waals surface area contributed by atoms with Crippen molar-refractivity contribution < 1.29 is 27.5 Å². The van der Waals surface area contributed by atoms with Crippen molar-refractivity contribution in [1.29, 1.82) is 0 Å². The summed E-state index contributed by atoms with van der Waals surface area (Å²) < 4.78 is 45.4. The van der Waals surface area contributed by atoms with Gasteiger partial charge in [0.2, 0.25) is 11.8 Å². The highest BCUT2D eigenvalue weighted by molar-refractivity contribution is 6.29. The number of hydrogen-bond donors (Lipinski definition) is 0. The van der Waals surface area contributed by atoms with Gasteiger partial charge in [-0.3, -0.25) is 9.59 Å². The number of methoxy groups -OCH3 is 1. The first-order valence-corrected chi connectivity index (χ1v) is 11.2. The van der Waals surface area contributed by atoms with E-state index in [0.717, 1.165) is 37.5 Å². The molecule has 1 aromatic heterocycles. The number of carbonyl (C=O) groups is 2. The fraction of sp³-hybridized carbons (Fsp3) is 0.375. The zero-order valence-electron chi connectivity index (χ0n) is 18.5. The summed E-state index contributed by atoms with van der Waals surface area (Å²) >= 11 is 5.98. The Bertz CT molecular complexity index is 1150. The maximum Gasteiger partial charge on any atom is 0.254 e. The zero-order valence-corrected chi connectivity index (χ0v) is 19.2. The smallest absolute Gasteiger partial charge is 0.254 e. The molecule has 0 atom stereocenters. The summed E-state index contributed by atoms with van der Waals surface area (Å²) in [7, 11) is 1.45.